The highest BCUT2D eigenvalue weighted by atomic mass is 16.5. The van der Waals surface area contributed by atoms with Gasteiger partial charge in [-0.15, -0.1) is 0 Å². The lowest BCUT2D eigenvalue weighted by Gasteiger charge is -2.40. The zero-order chi connectivity index (χ0) is 11.9. The summed E-state index contributed by atoms with van der Waals surface area (Å²) in [5, 5.41) is 12.8. The summed E-state index contributed by atoms with van der Waals surface area (Å²) < 4.78 is 10.8. The lowest BCUT2D eigenvalue weighted by atomic mass is 9.86. The fourth-order valence-electron chi connectivity index (χ4n) is 2.30. The van der Waals surface area contributed by atoms with Crippen molar-refractivity contribution in [3.05, 3.63) is 0 Å². The Labute approximate surface area is 98.3 Å². The molecule has 4 nitrogen and oxygen atoms in total. The smallest absolute Gasteiger partial charge is 0.0616 e. The van der Waals surface area contributed by atoms with E-state index >= 15 is 0 Å². The van der Waals surface area contributed by atoms with Gasteiger partial charge in [-0.3, -0.25) is 0 Å². The maximum absolute atomic E-state index is 9.16. The molecular weight excluding hydrogens is 206 g/mol. The van der Waals surface area contributed by atoms with E-state index in [0.29, 0.717) is 6.04 Å². The van der Waals surface area contributed by atoms with Crippen LogP contribution in [0, 0.1) is 0 Å². The number of nitrogens with one attached hydrogen (secondary N) is 1. The second kappa shape index (κ2) is 7.22. The fraction of sp³-hybridized carbons (Fsp3) is 1.00. The SMILES string of the molecule is CCOCC(C)NC1(CCO)CCOCC1. The summed E-state index contributed by atoms with van der Waals surface area (Å²) in [4.78, 5) is 0. The summed E-state index contributed by atoms with van der Waals surface area (Å²) in [7, 11) is 0. The van der Waals surface area contributed by atoms with Gasteiger partial charge in [-0.1, -0.05) is 0 Å². The molecule has 0 spiro atoms. The summed E-state index contributed by atoms with van der Waals surface area (Å²) >= 11 is 0. The van der Waals surface area contributed by atoms with Crippen LogP contribution in [-0.4, -0.2) is 49.7 Å². The van der Waals surface area contributed by atoms with Gasteiger partial charge < -0.3 is 19.9 Å². The van der Waals surface area contributed by atoms with Crippen molar-refractivity contribution in [2.24, 2.45) is 0 Å². The predicted octanol–water partition coefficient (Wildman–Crippen LogP) is 0.933. The molecule has 0 aromatic rings. The van der Waals surface area contributed by atoms with Crippen molar-refractivity contribution in [3.63, 3.8) is 0 Å². The molecule has 0 bridgehead atoms. The van der Waals surface area contributed by atoms with Crippen LogP contribution >= 0.6 is 0 Å². The van der Waals surface area contributed by atoms with Gasteiger partial charge in [-0.2, -0.15) is 0 Å². The standard InChI is InChI=1S/C12H25NO3/c1-3-15-10-11(2)13-12(4-7-14)5-8-16-9-6-12/h11,13-14H,3-10H2,1-2H3. The number of aliphatic hydroxyl groups excluding tert-OH is 1. The van der Waals surface area contributed by atoms with Gasteiger partial charge in [0.2, 0.25) is 0 Å². The minimum absolute atomic E-state index is 0.0452. The Morgan fingerprint density at radius 3 is 2.69 bits per heavy atom. The van der Waals surface area contributed by atoms with Gasteiger partial charge in [0.15, 0.2) is 0 Å². The number of hydrogen-bond donors (Lipinski definition) is 2. The summed E-state index contributed by atoms with van der Waals surface area (Å²) in [5.41, 5.74) is 0.0452. The predicted molar refractivity (Wildman–Crippen MR) is 63.6 cm³/mol. The second-order valence-electron chi connectivity index (χ2n) is 4.57. The molecule has 1 aliphatic rings. The third-order valence-corrected chi connectivity index (χ3v) is 3.16. The molecule has 1 rings (SSSR count). The van der Waals surface area contributed by atoms with Crippen molar-refractivity contribution in [1.82, 2.24) is 5.32 Å². The zero-order valence-electron chi connectivity index (χ0n) is 10.5. The van der Waals surface area contributed by atoms with E-state index < -0.39 is 0 Å². The normalized spacial score (nSPS) is 21.9. The van der Waals surface area contributed by atoms with E-state index in [0.717, 1.165) is 45.7 Å². The van der Waals surface area contributed by atoms with Crippen molar-refractivity contribution < 1.29 is 14.6 Å². The van der Waals surface area contributed by atoms with Crippen LogP contribution in [0.4, 0.5) is 0 Å². The highest BCUT2D eigenvalue weighted by Crippen LogP contribution is 2.24. The number of rotatable bonds is 7. The highest BCUT2D eigenvalue weighted by molar-refractivity contribution is 4.91. The van der Waals surface area contributed by atoms with E-state index in [2.05, 4.69) is 12.2 Å². The van der Waals surface area contributed by atoms with Gasteiger partial charge in [0, 0.05) is 38.0 Å². The molecule has 96 valence electrons. The van der Waals surface area contributed by atoms with Gasteiger partial charge in [0.05, 0.1) is 6.61 Å². The van der Waals surface area contributed by atoms with Gasteiger partial charge >= 0.3 is 0 Å². The van der Waals surface area contributed by atoms with Crippen molar-refractivity contribution >= 4 is 0 Å². The van der Waals surface area contributed by atoms with E-state index in [9.17, 15) is 0 Å². The van der Waals surface area contributed by atoms with Crippen molar-refractivity contribution in [2.75, 3.05) is 33.0 Å². The molecule has 0 saturated carbocycles. The molecule has 16 heavy (non-hydrogen) atoms. The number of hydrogen-bond acceptors (Lipinski definition) is 4. The molecule has 0 aromatic heterocycles. The monoisotopic (exact) mass is 231 g/mol. The van der Waals surface area contributed by atoms with Crippen molar-refractivity contribution in [1.29, 1.82) is 0 Å². The van der Waals surface area contributed by atoms with E-state index in [-0.39, 0.29) is 12.1 Å². The van der Waals surface area contributed by atoms with Crippen LogP contribution in [0.15, 0.2) is 0 Å². The lowest BCUT2D eigenvalue weighted by Crippen LogP contribution is -2.54. The minimum Gasteiger partial charge on any atom is -0.396 e. The molecule has 0 aliphatic carbocycles. The Balaban J connectivity index is 2.42. The van der Waals surface area contributed by atoms with Crippen LogP contribution in [0.2, 0.25) is 0 Å². The molecular formula is C12H25NO3. The second-order valence-corrected chi connectivity index (χ2v) is 4.57. The first kappa shape index (κ1) is 13.9. The van der Waals surface area contributed by atoms with Gasteiger partial charge in [0.1, 0.15) is 0 Å². The molecule has 1 saturated heterocycles. The molecule has 1 heterocycles. The topological polar surface area (TPSA) is 50.7 Å². The van der Waals surface area contributed by atoms with Gasteiger partial charge in [-0.25, -0.2) is 0 Å². The Morgan fingerprint density at radius 2 is 2.12 bits per heavy atom. The maximum atomic E-state index is 9.16. The van der Waals surface area contributed by atoms with Crippen LogP contribution in [0.5, 0.6) is 0 Å². The van der Waals surface area contributed by atoms with E-state index in [1.54, 1.807) is 0 Å². The summed E-state index contributed by atoms with van der Waals surface area (Å²) in [6.07, 6.45) is 2.75. The first-order valence-corrected chi connectivity index (χ1v) is 6.26. The lowest BCUT2D eigenvalue weighted by molar-refractivity contribution is 0.0155. The molecule has 1 atom stereocenters. The highest BCUT2D eigenvalue weighted by Gasteiger charge is 2.32. The quantitative estimate of drug-likeness (QED) is 0.684. The number of ether oxygens (including phenoxy) is 2. The zero-order valence-corrected chi connectivity index (χ0v) is 10.5. The van der Waals surface area contributed by atoms with Crippen molar-refractivity contribution in [3.8, 4) is 0 Å². The average Bonchev–Trinajstić information content (AvgIpc) is 2.28. The molecule has 4 heteroatoms. The molecule has 0 amide bonds. The molecule has 0 aromatic carbocycles. The molecule has 1 aliphatic heterocycles. The van der Waals surface area contributed by atoms with E-state index in [1.807, 2.05) is 6.92 Å². The van der Waals surface area contributed by atoms with Gasteiger partial charge in [-0.05, 0) is 33.1 Å². The molecule has 1 unspecified atom stereocenters. The van der Waals surface area contributed by atoms with Crippen LogP contribution in [-0.2, 0) is 9.47 Å². The van der Waals surface area contributed by atoms with Crippen LogP contribution in [0.25, 0.3) is 0 Å². The molecule has 1 fully saturated rings. The first-order valence-electron chi connectivity index (χ1n) is 6.26. The average molecular weight is 231 g/mol. The van der Waals surface area contributed by atoms with E-state index in [1.165, 1.54) is 0 Å². The van der Waals surface area contributed by atoms with Crippen LogP contribution in [0.1, 0.15) is 33.1 Å². The van der Waals surface area contributed by atoms with Gasteiger partial charge in [0.25, 0.3) is 0 Å². The number of aliphatic hydroxyl groups is 1. The third kappa shape index (κ3) is 4.37. The van der Waals surface area contributed by atoms with Crippen LogP contribution in [0.3, 0.4) is 0 Å². The summed E-state index contributed by atoms with van der Waals surface area (Å²) in [6.45, 7) is 7.42. The Hall–Kier alpha value is -0.160. The largest absolute Gasteiger partial charge is 0.396 e. The Bertz CT molecular complexity index is 176. The van der Waals surface area contributed by atoms with Crippen molar-refractivity contribution in [2.45, 2.75) is 44.7 Å². The third-order valence-electron chi connectivity index (χ3n) is 3.16. The molecule has 2 N–H and O–H groups in total. The minimum atomic E-state index is 0.0452. The Kier molecular flexibility index (Phi) is 6.28. The first-order chi connectivity index (χ1) is 7.72. The fourth-order valence-corrected chi connectivity index (χ4v) is 2.30. The summed E-state index contributed by atoms with van der Waals surface area (Å²) in [5.74, 6) is 0. The Morgan fingerprint density at radius 1 is 1.44 bits per heavy atom. The maximum Gasteiger partial charge on any atom is 0.0616 e. The molecule has 0 radical (unpaired) electrons. The van der Waals surface area contributed by atoms with Crippen LogP contribution < -0.4 is 5.32 Å². The van der Waals surface area contributed by atoms with E-state index in [4.69, 9.17) is 14.6 Å². The summed E-state index contributed by atoms with van der Waals surface area (Å²) in [6, 6.07) is 0.324.